The van der Waals surface area contributed by atoms with Crippen molar-refractivity contribution in [1.29, 1.82) is 0 Å². The van der Waals surface area contributed by atoms with Gasteiger partial charge in [-0.1, -0.05) is 24.3 Å². The van der Waals surface area contributed by atoms with E-state index < -0.39 is 0 Å². The number of ether oxygens (including phenoxy) is 2. The monoisotopic (exact) mass is 419 g/mol. The zero-order valence-corrected chi connectivity index (χ0v) is 17.4. The topological polar surface area (TPSA) is 51.9 Å². The van der Waals surface area contributed by atoms with Crippen LogP contribution in [0.3, 0.4) is 0 Å². The minimum atomic E-state index is -0.0701. The molecular weight excluding hydrogens is 398 g/mol. The molecule has 0 saturated carbocycles. The first-order valence-electron chi connectivity index (χ1n) is 9.83. The molecule has 0 N–H and O–H groups in total. The Kier molecular flexibility index (Phi) is 5.02. The summed E-state index contributed by atoms with van der Waals surface area (Å²) >= 11 is 1.77. The second-order valence-corrected chi connectivity index (χ2v) is 8.29. The molecule has 0 bridgehead atoms. The number of benzene rings is 2. The molecule has 5 nitrogen and oxygen atoms in total. The Hall–Kier alpha value is -3.09. The highest BCUT2D eigenvalue weighted by Gasteiger charge is 2.23. The SMILES string of the molecule is COc1ccccc1-c1coc2c3c(ccc2c1=O)OCN(CCc1cccs1)C3. The van der Waals surface area contributed by atoms with Gasteiger partial charge in [0.1, 0.15) is 30.1 Å². The molecule has 2 aromatic heterocycles. The predicted octanol–water partition coefficient (Wildman–Crippen LogP) is 4.92. The number of methoxy groups -OCH3 is 1. The molecule has 0 amide bonds. The van der Waals surface area contributed by atoms with Crippen LogP contribution in [-0.2, 0) is 13.0 Å². The van der Waals surface area contributed by atoms with Gasteiger partial charge in [0.2, 0.25) is 5.43 Å². The third-order valence-electron chi connectivity index (χ3n) is 5.44. The summed E-state index contributed by atoms with van der Waals surface area (Å²) in [6.45, 7) is 2.11. The van der Waals surface area contributed by atoms with Crippen LogP contribution < -0.4 is 14.9 Å². The van der Waals surface area contributed by atoms with E-state index in [2.05, 4.69) is 22.4 Å². The van der Waals surface area contributed by atoms with Crippen molar-refractivity contribution in [3.8, 4) is 22.6 Å². The average molecular weight is 420 g/mol. The van der Waals surface area contributed by atoms with Crippen molar-refractivity contribution in [2.75, 3.05) is 20.4 Å². The first-order valence-corrected chi connectivity index (χ1v) is 10.7. The first kappa shape index (κ1) is 18.9. The van der Waals surface area contributed by atoms with Crippen molar-refractivity contribution in [3.63, 3.8) is 0 Å². The Bertz CT molecular complexity index is 1250. The maximum atomic E-state index is 13.3. The molecule has 1 aliphatic heterocycles. The van der Waals surface area contributed by atoms with E-state index in [0.717, 1.165) is 29.8 Å². The van der Waals surface area contributed by atoms with Crippen molar-refractivity contribution >= 4 is 22.3 Å². The predicted molar refractivity (Wildman–Crippen MR) is 118 cm³/mol. The third kappa shape index (κ3) is 3.38. The molecule has 0 unspecified atom stereocenters. The minimum Gasteiger partial charge on any atom is -0.496 e. The standard InChI is InChI=1S/C24H21NO4S/c1-27-21-7-3-2-6-17(21)20-14-28-24-18(23(20)26)8-9-22-19(24)13-25(15-29-22)11-10-16-5-4-12-30-16/h2-9,12,14H,10-11,13,15H2,1H3. The van der Waals surface area contributed by atoms with Crippen LogP contribution in [0.15, 0.2) is 69.4 Å². The van der Waals surface area contributed by atoms with Crippen LogP contribution >= 0.6 is 11.3 Å². The Morgan fingerprint density at radius 3 is 2.83 bits per heavy atom. The Labute approximate surface area is 178 Å². The number of rotatable bonds is 5. The van der Waals surface area contributed by atoms with E-state index in [1.807, 2.05) is 30.3 Å². The van der Waals surface area contributed by atoms with E-state index in [1.54, 1.807) is 24.5 Å². The minimum absolute atomic E-state index is 0.0701. The quantitative estimate of drug-likeness (QED) is 0.459. The van der Waals surface area contributed by atoms with Gasteiger partial charge in [-0.25, -0.2) is 0 Å². The van der Waals surface area contributed by atoms with E-state index in [0.29, 0.717) is 35.6 Å². The van der Waals surface area contributed by atoms with Gasteiger partial charge < -0.3 is 13.9 Å². The van der Waals surface area contributed by atoms with E-state index in [9.17, 15) is 4.79 Å². The van der Waals surface area contributed by atoms with Gasteiger partial charge in [-0.2, -0.15) is 0 Å². The van der Waals surface area contributed by atoms with E-state index >= 15 is 0 Å². The zero-order chi connectivity index (χ0) is 20.5. The van der Waals surface area contributed by atoms with Crippen LogP contribution in [-0.4, -0.2) is 25.3 Å². The fourth-order valence-corrected chi connectivity index (χ4v) is 4.57. The highest BCUT2D eigenvalue weighted by Crippen LogP contribution is 2.34. The van der Waals surface area contributed by atoms with E-state index in [4.69, 9.17) is 13.9 Å². The number of thiophene rings is 1. The highest BCUT2D eigenvalue weighted by molar-refractivity contribution is 7.09. The molecule has 2 aromatic carbocycles. The lowest BCUT2D eigenvalue weighted by Crippen LogP contribution is -2.33. The zero-order valence-electron chi connectivity index (χ0n) is 16.6. The molecule has 4 aromatic rings. The van der Waals surface area contributed by atoms with Crippen LogP contribution in [0.2, 0.25) is 0 Å². The van der Waals surface area contributed by atoms with Crippen LogP contribution in [0, 0.1) is 0 Å². The lowest BCUT2D eigenvalue weighted by atomic mass is 10.0. The smallest absolute Gasteiger partial charge is 0.200 e. The summed E-state index contributed by atoms with van der Waals surface area (Å²) in [6, 6.07) is 15.4. The van der Waals surface area contributed by atoms with Gasteiger partial charge >= 0.3 is 0 Å². The van der Waals surface area contributed by atoms with Crippen molar-refractivity contribution in [3.05, 3.63) is 80.8 Å². The molecule has 0 spiro atoms. The molecule has 30 heavy (non-hydrogen) atoms. The van der Waals surface area contributed by atoms with Crippen LogP contribution in [0.5, 0.6) is 11.5 Å². The largest absolute Gasteiger partial charge is 0.496 e. The van der Waals surface area contributed by atoms with Gasteiger partial charge in [-0.3, -0.25) is 9.69 Å². The summed E-state index contributed by atoms with van der Waals surface area (Å²) < 4.78 is 17.4. The van der Waals surface area contributed by atoms with Crippen LogP contribution in [0.4, 0.5) is 0 Å². The fraction of sp³-hybridized carbons (Fsp3) is 0.208. The Morgan fingerprint density at radius 1 is 1.10 bits per heavy atom. The van der Waals surface area contributed by atoms with Crippen molar-refractivity contribution in [2.45, 2.75) is 13.0 Å². The molecule has 6 heteroatoms. The maximum absolute atomic E-state index is 13.3. The summed E-state index contributed by atoms with van der Waals surface area (Å²) in [7, 11) is 1.60. The van der Waals surface area contributed by atoms with Crippen LogP contribution in [0.1, 0.15) is 10.4 Å². The molecule has 1 aliphatic rings. The summed E-state index contributed by atoms with van der Waals surface area (Å²) in [5, 5.41) is 2.65. The van der Waals surface area contributed by atoms with Gasteiger partial charge in [0, 0.05) is 23.5 Å². The molecule has 0 radical (unpaired) electrons. The molecule has 0 fully saturated rings. The van der Waals surface area contributed by atoms with Gasteiger partial charge in [0.25, 0.3) is 0 Å². The number of fused-ring (bicyclic) bond motifs is 3. The lowest BCUT2D eigenvalue weighted by molar-refractivity contribution is 0.0970. The molecule has 152 valence electrons. The maximum Gasteiger partial charge on any atom is 0.200 e. The molecule has 5 rings (SSSR count). The molecule has 3 heterocycles. The normalized spacial score (nSPS) is 13.8. The first-order chi connectivity index (χ1) is 14.7. The number of para-hydroxylation sites is 1. The molecular formula is C24H21NO4S. The second kappa shape index (κ2) is 7.97. The summed E-state index contributed by atoms with van der Waals surface area (Å²) in [6.07, 6.45) is 2.51. The van der Waals surface area contributed by atoms with Crippen molar-refractivity contribution in [2.24, 2.45) is 0 Å². The summed E-state index contributed by atoms with van der Waals surface area (Å²) in [5.74, 6) is 1.42. The fourth-order valence-electron chi connectivity index (χ4n) is 3.87. The molecule has 0 atom stereocenters. The third-order valence-corrected chi connectivity index (χ3v) is 6.37. The van der Waals surface area contributed by atoms with E-state index in [-0.39, 0.29) is 5.43 Å². The van der Waals surface area contributed by atoms with Gasteiger partial charge in [0.15, 0.2) is 0 Å². The molecule has 0 saturated heterocycles. The Balaban J connectivity index is 1.50. The van der Waals surface area contributed by atoms with E-state index in [1.165, 1.54) is 11.1 Å². The number of hydrogen-bond donors (Lipinski definition) is 0. The van der Waals surface area contributed by atoms with Crippen molar-refractivity contribution < 1.29 is 13.9 Å². The van der Waals surface area contributed by atoms with Crippen molar-refractivity contribution in [1.82, 2.24) is 4.90 Å². The number of nitrogens with zero attached hydrogens (tertiary/aromatic N) is 1. The Morgan fingerprint density at radius 2 is 2.00 bits per heavy atom. The highest BCUT2D eigenvalue weighted by atomic mass is 32.1. The van der Waals surface area contributed by atoms with Gasteiger partial charge in [-0.05, 0) is 36.1 Å². The molecule has 0 aliphatic carbocycles. The average Bonchev–Trinajstić information content (AvgIpc) is 3.31. The van der Waals surface area contributed by atoms with Gasteiger partial charge in [0.05, 0.1) is 23.6 Å². The van der Waals surface area contributed by atoms with Crippen LogP contribution in [0.25, 0.3) is 22.1 Å². The summed E-state index contributed by atoms with van der Waals surface area (Å²) in [5.41, 5.74) is 2.67. The number of hydrogen-bond acceptors (Lipinski definition) is 6. The van der Waals surface area contributed by atoms with Gasteiger partial charge in [-0.15, -0.1) is 11.3 Å². The lowest BCUT2D eigenvalue weighted by Gasteiger charge is -2.29. The second-order valence-electron chi connectivity index (χ2n) is 7.25. The summed E-state index contributed by atoms with van der Waals surface area (Å²) in [4.78, 5) is 16.9.